The van der Waals surface area contributed by atoms with Gasteiger partial charge in [-0.3, -0.25) is 4.90 Å². The molecule has 0 unspecified atom stereocenters. The maximum Gasteiger partial charge on any atom is 0.182 e. The minimum absolute atomic E-state index is 0.737. The first kappa shape index (κ1) is 12.7. The van der Waals surface area contributed by atoms with Gasteiger partial charge in [-0.25, -0.2) is 15.0 Å². The summed E-state index contributed by atoms with van der Waals surface area (Å²) in [6.45, 7) is 5.11. The van der Waals surface area contributed by atoms with E-state index in [0.717, 1.165) is 49.7 Å². The average molecular weight is 300 g/mol. The predicted octanol–water partition coefficient (Wildman–Crippen LogP) is 1.74. The third-order valence-electron chi connectivity index (χ3n) is 3.86. The molecule has 108 valence electrons. The van der Waals surface area contributed by atoms with Crippen molar-refractivity contribution < 1.29 is 0 Å². The van der Waals surface area contributed by atoms with Crippen LogP contribution in [0.15, 0.2) is 29.5 Å². The van der Waals surface area contributed by atoms with Gasteiger partial charge >= 0.3 is 0 Å². The van der Waals surface area contributed by atoms with E-state index in [1.807, 2.05) is 0 Å². The highest BCUT2D eigenvalue weighted by atomic mass is 32.1. The predicted molar refractivity (Wildman–Crippen MR) is 83.5 cm³/mol. The van der Waals surface area contributed by atoms with Crippen LogP contribution < -0.4 is 4.90 Å². The third-order valence-corrected chi connectivity index (χ3v) is 4.59. The first-order valence-corrected chi connectivity index (χ1v) is 7.97. The molecular weight excluding hydrogens is 284 g/mol. The van der Waals surface area contributed by atoms with E-state index in [1.165, 1.54) is 5.56 Å². The summed E-state index contributed by atoms with van der Waals surface area (Å²) in [5, 5.41) is 4.37. The fourth-order valence-corrected chi connectivity index (χ4v) is 3.41. The normalized spacial score (nSPS) is 16.7. The largest absolute Gasteiger partial charge is 0.352 e. The standard InChI is InChI=1S/C14H16N6S/c1-6-21-8-11(1)7-19-2-4-20(5-3-19)14-12-13(16-9-15-12)17-10-18-14/h1,6,8-10H,2-5,7H2,(H,15,16,17,18). The molecule has 0 amide bonds. The lowest BCUT2D eigenvalue weighted by Gasteiger charge is -2.35. The Kier molecular flexibility index (Phi) is 3.28. The SMILES string of the molecule is c1nc(N2CCN(Cc3ccsc3)CC2)c2[nH]cnc2n1. The molecule has 0 saturated carbocycles. The summed E-state index contributed by atoms with van der Waals surface area (Å²) < 4.78 is 0. The van der Waals surface area contributed by atoms with Crippen LogP contribution in [0.1, 0.15) is 5.56 Å². The van der Waals surface area contributed by atoms with Crippen LogP contribution in [0, 0.1) is 0 Å². The van der Waals surface area contributed by atoms with Crippen molar-refractivity contribution in [3.8, 4) is 0 Å². The molecule has 1 aliphatic heterocycles. The number of fused-ring (bicyclic) bond motifs is 1. The zero-order chi connectivity index (χ0) is 14.1. The van der Waals surface area contributed by atoms with Crippen molar-refractivity contribution >= 4 is 28.3 Å². The number of nitrogens with zero attached hydrogens (tertiary/aromatic N) is 5. The van der Waals surface area contributed by atoms with Crippen LogP contribution >= 0.6 is 11.3 Å². The Labute approximate surface area is 126 Å². The zero-order valence-corrected chi connectivity index (χ0v) is 12.4. The lowest BCUT2D eigenvalue weighted by atomic mass is 10.2. The topological polar surface area (TPSA) is 60.9 Å². The number of hydrogen-bond acceptors (Lipinski definition) is 6. The molecule has 0 atom stereocenters. The molecule has 0 aromatic carbocycles. The Balaban J connectivity index is 1.46. The van der Waals surface area contributed by atoms with E-state index in [0.29, 0.717) is 0 Å². The van der Waals surface area contributed by atoms with Gasteiger partial charge in [0.1, 0.15) is 11.8 Å². The van der Waals surface area contributed by atoms with E-state index < -0.39 is 0 Å². The van der Waals surface area contributed by atoms with Crippen LogP contribution in [0.2, 0.25) is 0 Å². The fraction of sp³-hybridized carbons (Fsp3) is 0.357. The second-order valence-corrected chi connectivity index (χ2v) is 5.97. The number of aromatic amines is 1. The maximum absolute atomic E-state index is 4.43. The molecule has 21 heavy (non-hydrogen) atoms. The van der Waals surface area contributed by atoms with Crippen molar-refractivity contribution in [2.75, 3.05) is 31.1 Å². The highest BCUT2D eigenvalue weighted by Gasteiger charge is 2.20. The van der Waals surface area contributed by atoms with E-state index >= 15 is 0 Å². The zero-order valence-electron chi connectivity index (χ0n) is 11.6. The number of imidazole rings is 1. The van der Waals surface area contributed by atoms with Crippen molar-refractivity contribution in [2.24, 2.45) is 0 Å². The summed E-state index contributed by atoms with van der Waals surface area (Å²) in [4.78, 5) is 20.7. The number of H-pyrrole nitrogens is 1. The summed E-state index contributed by atoms with van der Waals surface area (Å²) >= 11 is 1.76. The Morgan fingerprint density at radius 1 is 1.14 bits per heavy atom. The molecule has 7 heteroatoms. The van der Waals surface area contributed by atoms with Crippen LogP contribution in [-0.2, 0) is 6.54 Å². The molecule has 4 rings (SSSR count). The number of hydrogen-bond donors (Lipinski definition) is 1. The number of rotatable bonds is 3. The molecule has 4 heterocycles. The van der Waals surface area contributed by atoms with Crippen molar-refractivity contribution in [1.29, 1.82) is 0 Å². The van der Waals surface area contributed by atoms with Gasteiger partial charge < -0.3 is 9.88 Å². The van der Waals surface area contributed by atoms with Gasteiger partial charge in [0.2, 0.25) is 0 Å². The first-order valence-electron chi connectivity index (χ1n) is 7.02. The van der Waals surface area contributed by atoms with E-state index in [2.05, 4.69) is 46.6 Å². The number of piperazine rings is 1. The highest BCUT2D eigenvalue weighted by Crippen LogP contribution is 2.21. The Hall–Kier alpha value is -1.99. The fourth-order valence-electron chi connectivity index (χ4n) is 2.75. The van der Waals surface area contributed by atoms with Gasteiger partial charge in [-0.2, -0.15) is 11.3 Å². The van der Waals surface area contributed by atoms with Crippen LogP contribution in [0.5, 0.6) is 0 Å². The molecular formula is C14H16N6S. The molecule has 0 aliphatic carbocycles. The molecule has 0 bridgehead atoms. The van der Waals surface area contributed by atoms with Gasteiger partial charge in [-0.1, -0.05) is 0 Å². The Morgan fingerprint density at radius 2 is 2.05 bits per heavy atom. The van der Waals surface area contributed by atoms with Gasteiger partial charge in [-0.15, -0.1) is 0 Å². The average Bonchev–Trinajstić information content (AvgIpc) is 3.18. The number of aromatic nitrogens is 4. The van der Waals surface area contributed by atoms with Gasteiger partial charge in [-0.05, 0) is 22.4 Å². The quantitative estimate of drug-likeness (QED) is 0.798. The van der Waals surface area contributed by atoms with Crippen LogP contribution in [0.25, 0.3) is 11.2 Å². The molecule has 6 nitrogen and oxygen atoms in total. The lowest BCUT2D eigenvalue weighted by molar-refractivity contribution is 0.250. The Bertz CT molecular complexity index is 714. The van der Waals surface area contributed by atoms with E-state index in [-0.39, 0.29) is 0 Å². The van der Waals surface area contributed by atoms with Gasteiger partial charge in [0, 0.05) is 32.7 Å². The minimum atomic E-state index is 0.737. The molecule has 3 aromatic heterocycles. The Morgan fingerprint density at radius 3 is 2.86 bits per heavy atom. The third kappa shape index (κ3) is 2.50. The second-order valence-electron chi connectivity index (χ2n) is 5.19. The first-order chi connectivity index (χ1) is 10.4. The number of thiophene rings is 1. The summed E-state index contributed by atoms with van der Waals surface area (Å²) in [5.74, 6) is 0.965. The smallest absolute Gasteiger partial charge is 0.182 e. The summed E-state index contributed by atoms with van der Waals surface area (Å²) in [6.07, 6.45) is 3.27. The lowest BCUT2D eigenvalue weighted by Crippen LogP contribution is -2.46. The second kappa shape index (κ2) is 5.42. The van der Waals surface area contributed by atoms with Crippen molar-refractivity contribution in [3.63, 3.8) is 0 Å². The minimum Gasteiger partial charge on any atom is -0.352 e. The van der Waals surface area contributed by atoms with Gasteiger partial charge in [0.05, 0.1) is 6.33 Å². The molecule has 1 fully saturated rings. The van der Waals surface area contributed by atoms with E-state index in [1.54, 1.807) is 24.0 Å². The molecule has 1 N–H and O–H groups in total. The van der Waals surface area contributed by atoms with Crippen molar-refractivity contribution in [1.82, 2.24) is 24.8 Å². The van der Waals surface area contributed by atoms with Gasteiger partial charge in [0.15, 0.2) is 11.5 Å². The molecule has 3 aromatic rings. The molecule has 0 radical (unpaired) electrons. The van der Waals surface area contributed by atoms with Crippen LogP contribution in [-0.4, -0.2) is 51.0 Å². The summed E-state index contributed by atoms with van der Waals surface area (Å²) in [6, 6.07) is 2.20. The monoisotopic (exact) mass is 300 g/mol. The van der Waals surface area contributed by atoms with E-state index in [9.17, 15) is 0 Å². The molecule has 1 saturated heterocycles. The van der Waals surface area contributed by atoms with Crippen molar-refractivity contribution in [3.05, 3.63) is 35.0 Å². The van der Waals surface area contributed by atoms with Gasteiger partial charge in [0.25, 0.3) is 0 Å². The van der Waals surface area contributed by atoms with Crippen LogP contribution in [0.3, 0.4) is 0 Å². The summed E-state index contributed by atoms with van der Waals surface area (Å²) in [7, 11) is 0. The molecule has 1 aliphatic rings. The number of nitrogens with one attached hydrogen (secondary N) is 1. The molecule has 0 spiro atoms. The maximum atomic E-state index is 4.43. The van der Waals surface area contributed by atoms with Crippen LogP contribution in [0.4, 0.5) is 5.82 Å². The highest BCUT2D eigenvalue weighted by molar-refractivity contribution is 7.07. The summed E-state index contributed by atoms with van der Waals surface area (Å²) in [5.41, 5.74) is 3.08. The number of anilines is 1. The van der Waals surface area contributed by atoms with Crippen molar-refractivity contribution in [2.45, 2.75) is 6.54 Å². The van der Waals surface area contributed by atoms with E-state index in [4.69, 9.17) is 0 Å².